The maximum atomic E-state index is 12.9. The third-order valence-corrected chi connectivity index (χ3v) is 4.16. The van der Waals surface area contributed by atoms with Crippen molar-refractivity contribution in [3.8, 4) is 0 Å². The first-order valence-corrected chi connectivity index (χ1v) is 8.92. The van der Waals surface area contributed by atoms with Crippen molar-refractivity contribution in [1.82, 2.24) is 15.6 Å². The maximum Gasteiger partial charge on any atom is 0.270 e. The lowest BCUT2D eigenvalue weighted by atomic mass is 10.1. The monoisotopic (exact) mass is 377 g/mol. The molecule has 142 valence electrons. The van der Waals surface area contributed by atoms with Crippen molar-refractivity contribution >= 4 is 11.8 Å². The van der Waals surface area contributed by atoms with E-state index in [1.807, 2.05) is 30.3 Å². The molecule has 3 rings (SSSR count). The molecule has 0 unspecified atom stereocenters. The van der Waals surface area contributed by atoms with Gasteiger partial charge in [0.2, 0.25) is 0 Å². The van der Waals surface area contributed by atoms with E-state index in [0.29, 0.717) is 12.1 Å². The molecule has 0 bridgehead atoms. The summed E-state index contributed by atoms with van der Waals surface area (Å²) in [6.07, 6.45) is 2.15. The summed E-state index contributed by atoms with van der Waals surface area (Å²) >= 11 is 0. The van der Waals surface area contributed by atoms with Crippen LogP contribution in [0.25, 0.3) is 0 Å². The van der Waals surface area contributed by atoms with Gasteiger partial charge in [0, 0.05) is 24.8 Å². The van der Waals surface area contributed by atoms with Gasteiger partial charge in [-0.05, 0) is 41.8 Å². The quantitative estimate of drug-likeness (QED) is 0.665. The van der Waals surface area contributed by atoms with E-state index in [-0.39, 0.29) is 24.0 Å². The molecule has 6 heteroatoms. The molecule has 5 nitrogen and oxygen atoms in total. The molecule has 28 heavy (non-hydrogen) atoms. The molecule has 0 aliphatic carbocycles. The van der Waals surface area contributed by atoms with Gasteiger partial charge in [-0.15, -0.1) is 0 Å². The van der Waals surface area contributed by atoms with Crippen LogP contribution in [-0.2, 0) is 13.0 Å². The van der Waals surface area contributed by atoms with E-state index in [4.69, 9.17) is 0 Å². The summed E-state index contributed by atoms with van der Waals surface area (Å²) in [5.74, 6) is -0.989. The number of carbonyl (C=O) groups excluding carboxylic acids is 2. The van der Waals surface area contributed by atoms with Crippen LogP contribution in [0.5, 0.6) is 0 Å². The highest BCUT2D eigenvalue weighted by Crippen LogP contribution is 2.05. The van der Waals surface area contributed by atoms with E-state index in [0.717, 1.165) is 17.5 Å². The van der Waals surface area contributed by atoms with Gasteiger partial charge in [0.1, 0.15) is 11.5 Å². The van der Waals surface area contributed by atoms with Crippen LogP contribution in [0.1, 0.15) is 32.0 Å². The Morgan fingerprint density at radius 2 is 1.61 bits per heavy atom. The highest BCUT2D eigenvalue weighted by molar-refractivity contribution is 5.98. The van der Waals surface area contributed by atoms with Crippen LogP contribution < -0.4 is 10.6 Å². The second-order valence-corrected chi connectivity index (χ2v) is 6.23. The van der Waals surface area contributed by atoms with Crippen molar-refractivity contribution < 1.29 is 14.0 Å². The molecule has 0 aliphatic heterocycles. The maximum absolute atomic E-state index is 12.9. The van der Waals surface area contributed by atoms with E-state index in [1.165, 1.54) is 24.4 Å². The first kappa shape index (κ1) is 19.2. The number of nitrogens with zero attached hydrogens (tertiary/aromatic N) is 1. The first-order chi connectivity index (χ1) is 13.6. The van der Waals surface area contributed by atoms with Crippen LogP contribution in [0.2, 0.25) is 0 Å². The molecule has 2 amide bonds. The van der Waals surface area contributed by atoms with Crippen molar-refractivity contribution in [3.05, 3.63) is 101 Å². The predicted octanol–water partition coefficient (Wildman–Crippen LogP) is 3.12. The van der Waals surface area contributed by atoms with E-state index in [2.05, 4.69) is 15.6 Å². The van der Waals surface area contributed by atoms with Crippen molar-refractivity contribution in [2.45, 2.75) is 13.0 Å². The average molecular weight is 377 g/mol. The number of aromatic nitrogens is 1. The van der Waals surface area contributed by atoms with E-state index in [9.17, 15) is 14.0 Å². The zero-order valence-electron chi connectivity index (χ0n) is 15.2. The second kappa shape index (κ2) is 9.41. The fraction of sp³-hybridized carbons (Fsp3) is 0.136. The molecule has 0 saturated carbocycles. The van der Waals surface area contributed by atoms with Crippen LogP contribution in [-0.4, -0.2) is 23.3 Å². The molecule has 0 fully saturated rings. The zero-order valence-corrected chi connectivity index (χ0v) is 15.2. The molecule has 0 spiro atoms. The Bertz CT molecular complexity index is 944. The number of amides is 2. The van der Waals surface area contributed by atoms with Crippen molar-refractivity contribution in [3.63, 3.8) is 0 Å². The van der Waals surface area contributed by atoms with Gasteiger partial charge in [-0.25, -0.2) is 4.39 Å². The Morgan fingerprint density at radius 3 is 2.36 bits per heavy atom. The van der Waals surface area contributed by atoms with Gasteiger partial charge in [0.05, 0.1) is 0 Å². The highest BCUT2D eigenvalue weighted by atomic mass is 19.1. The lowest BCUT2D eigenvalue weighted by Crippen LogP contribution is -2.27. The Morgan fingerprint density at radius 1 is 0.857 bits per heavy atom. The van der Waals surface area contributed by atoms with E-state index < -0.39 is 5.91 Å². The molecule has 1 heterocycles. The molecule has 0 atom stereocenters. The molecular weight excluding hydrogens is 357 g/mol. The average Bonchev–Trinajstić information content (AvgIpc) is 2.74. The first-order valence-electron chi connectivity index (χ1n) is 8.92. The van der Waals surface area contributed by atoms with Crippen LogP contribution in [0.15, 0.2) is 72.9 Å². The van der Waals surface area contributed by atoms with Gasteiger partial charge in [0.25, 0.3) is 11.8 Å². The standard InChI is InChI=1S/C22H20FN3O2/c23-19-8-6-17(7-9-19)15-26-22(28)20-14-18(11-13-24-20)21(27)25-12-10-16-4-2-1-3-5-16/h1-9,11,13-14H,10,12,15H2,(H,25,27)(H,26,28). The van der Waals surface area contributed by atoms with Gasteiger partial charge < -0.3 is 10.6 Å². The van der Waals surface area contributed by atoms with Crippen molar-refractivity contribution in [2.24, 2.45) is 0 Å². The molecule has 0 radical (unpaired) electrons. The second-order valence-electron chi connectivity index (χ2n) is 6.23. The minimum absolute atomic E-state index is 0.151. The summed E-state index contributed by atoms with van der Waals surface area (Å²) in [6.45, 7) is 0.742. The van der Waals surface area contributed by atoms with Gasteiger partial charge in [-0.1, -0.05) is 42.5 Å². The number of nitrogens with one attached hydrogen (secondary N) is 2. The number of hydrogen-bond acceptors (Lipinski definition) is 3. The van der Waals surface area contributed by atoms with Crippen molar-refractivity contribution in [1.29, 1.82) is 0 Å². The Balaban J connectivity index is 1.54. The smallest absolute Gasteiger partial charge is 0.270 e. The minimum atomic E-state index is -0.400. The molecule has 2 aromatic carbocycles. The van der Waals surface area contributed by atoms with Gasteiger partial charge in [0.15, 0.2) is 0 Å². The third-order valence-electron chi connectivity index (χ3n) is 4.16. The normalized spacial score (nSPS) is 10.3. The number of benzene rings is 2. The Kier molecular flexibility index (Phi) is 6.46. The lowest BCUT2D eigenvalue weighted by Gasteiger charge is -2.08. The van der Waals surface area contributed by atoms with Crippen molar-refractivity contribution in [2.75, 3.05) is 6.54 Å². The molecular formula is C22H20FN3O2. The largest absolute Gasteiger partial charge is 0.352 e. The third kappa shape index (κ3) is 5.48. The molecule has 3 aromatic rings. The topological polar surface area (TPSA) is 71.1 Å². The number of carbonyl (C=O) groups is 2. The summed E-state index contributed by atoms with van der Waals surface area (Å²) in [4.78, 5) is 28.6. The molecule has 0 aliphatic rings. The number of rotatable bonds is 7. The molecule has 1 aromatic heterocycles. The SMILES string of the molecule is O=C(NCCc1ccccc1)c1ccnc(C(=O)NCc2ccc(F)cc2)c1. The summed E-state index contributed by atoms with van der Waals surface area (Å²) in [5, 5.41) is 5.55. The van der Waals surface area contributed by atoms with E-state index in [1.54, 1.807) is 18.2 Å². The zero-order chi connectivity index (χ0) is 19.8. The molecule has 2 N–H and O–H groups in total. The summed E-state index contributed by atoms with van der Waals surface area (Å²) in [7, 11) is 0. The highest BCUT2D eigenvalue weighted by Gasteiger charge is 2.11. The summed E-state index contributed by atoms with van der Waals surface area (Å²) < 4.78 is 12.9. The number of hydrogen-bond donors (Lipinski definition) is 2. The van der Waals surface area contributed by atoms with Gasteiger partial charge in [-0.3, -0.25) is 14.6 Å². The van der Waals surface area contributed by atoms with Crippen LogP contribution >= 0.6 is 0 Å². The van der Waals surface area contributed by atoms with Crippen LogP contribution in [0.3, 0.4) is 0 Å². The fourth-order valence-corrected chi connectivity index (χ4v) is 2.64. The Hall–Kier alpha value is -3.54. The number of pyridine rings is 1. The fourth-order valence-electron chi connectivity index (χ4n) is 2.64. The predicted molar refractivity (Wildman–Crippen MR) is 104 cm³/mol. The van der Waals surface area contributed by atoms with Gasteiger partial charge in [-0.2, -0.15) is 0 Å². The molecule has 0 saturated heterocycles. The summed E-state index contributed by atoms with van der Waals surface area (Å²) in [5.41, 5.74) is 2.43. The van der Waals surface area contributed by atoms with Crippen LogP contribution in [0.4, 0.5) is 4.39 Å². The van der Waals surface area contributed by atoms with E-state index >= 15 is 0 Å². The Labute approximate surface area is 162 Å². The lowest BCUT2D eigenvalue weighted by molar-refractivity contribution is 0.0946. The van der Waals surface area contributed by atoms with Crippen LogP contribution in [0, 0.1) is 5.82 Å². The van der Waals surface area contributed by atoms with Gasteiger partial charge >= 0.3 is 0 Å². The minimum Gasteiger partial charge on any atom is -0.352 e. The number of halogens is 1. The summed E-state index contributed by atoms with van der Waals surface area (Å²) in [6, 6.07) is 18.7.